The number of benzene rings is 1. The standard InChI is InChI=1S/C31H44N4O5S/c1-6-8-15-23(3)27-25(31(34-41(27,38)39)18-13-10-14-19-31)20-35(7-2)28(36)26(33-29(37)30(4,5)32)22-40-21-24-16-11-9-12-17-24/h6,8-9,11-12,15-17,26,34H,1,3,7,10,13-14,18-22,32H2,2,4-5H3,(H,33,37)/b15-8-. The summed E-state index contributed by atoms with van der Waals surface area (Å²) in [4.78, 5) is 28.5. The Balaban J connectivity index is 1.95. The first-order valence-electron chi connectivity index (χ1n) is 14.1. The fourth-order valence-electron chi connectivity index (χ4n) is 5.30. The highest BCUT2D eigenvalue weighted by atomic mass is 32.2. The third-order valence-electron chi connectivity index (χ3n) is 7.51. The maximum Gasteiger partial charge on any atom is 0.247 e. The summed E-state index contributed by atoms with van der Waals surface area (Å²) < 4.78 is 35.7. The van der Waals surface area contributed by atoms with E-state index in [1.165, 1.54) is 0 Å². The summed E-state index contributed by atoms with van der Waals surface area (Å²) in [5, 5.41) is 2.76. The van der Waals surface area contributed by atoms with E-state index in [0.29, 0.717) is 24.0 Å². The van der Waals surface area contributed by atoms with E-state index in [-0.39, 0.29) is 37.1 Å². The smallest absolute Gasteiger partial charge is 0.247 e. The van der Waals surface area contributed by atoms with Gasteiger partial charge in [-0.25, -0.2) is 13.1 Å². The number of hydrogen-bond acceptors (Lipinski definition) is 6. The molecule has 0 aromatic heterocycles. The van der Waals surface area contributed by atoms with Crippen LogP contribution in [0, 0.1) is 0 Å². The number of allylic oxidation sites excluding steroid dienone is 4. The molecule has 0 saturated heterocycles. The van der Waals surface area contributed by atoms with Crippen molar-refractivity contribution in [2.45, 2.75) is 76.6 Å². The minimum atomic E-state index is -3.86. The molecule has 1 aromatic rings. The Bertz CT molecular complexity index is 1290. The van der Waals surface area contributed by atoms with Gasteiger partial charge in [0.25, 0.3) is 0 Å². The fraction of sp³-hybridized carbons (Fsp3) is 0.484. The normalized spacial score (nSPS) is 18.8. The molecule has 1 unspecified atom stereocenters. The van der Waals surface area contributed by atoms with Crippen LogP contribution in [0.5, 0.6) is 0 Å². The second-order valence-electron chi connectivity index (χ2n) is 11.3. The molecule has 1 saturated carbocycles. The van der Waals surface area contributed by atoms with Gasteiger partial charge in [-0.05, 0) is 50.3 Å². The van der Waals surface area contributed by atoms with Crippen molar-refractivity contribution in [3.63, 3.8) is 0 Å². The van der Waals surface area contributed by atoms with Crippen LogP contribution in [0.4, 0.5) is 0 Å². The third kappa shape index (κ3) is 8.03. The lowest BCUT2D eigenvalue weighted by atomic mass is 9.76. The van der Waals surface area contributed by atoms with Crippen LogP contribution in [0.1, 0.15) is 58.4 Å². The molecule has 2 amide bonds. The number of nitrogens with one attached hydrogen (secondary N) is 2. The monoisotopic (exact) mass is 584 g/mol. The van der Waals surface area contributed by atoms with Crippen LogP contribution >= 0.6 is 0 Å². The zero-order chi connectivity index (χ0) is 30.3. The van der Waals surface area contributed by atoms with Crippen LogP contribution in [0.3, 0.4) is 0 Å². The molecule has 0 bridgehead atoms. The molecule has 1 aromatic carbocycles. The number of likely N-dealkylation sites (N-methyl/N-ethyl adjacent to an activating group) is 1. The highest BCUT2D eigenvalue weighted by Crippen LogP contribution is 2.44. The van der Waals surface area contributed by atoms with Crippen molar-refractivity contribution in [3.05, 3.63) is 83.3 Å². The SMILES string of the molecule is C=C/C=C\C(=C)C1=C(CN(CC)C(=O)C(COCc2ccccc2)NC(=O)C(C)(C)N)C2(CCCCC2)NS1(=O)=O. The van der Waals surface area contributed by atoms with Gasteiger partial charge in [-0.1, -0.05) is 81.0 Å². The van der Waals surface area contributed by atoms with Gasteiger partial charge in [-0.3, -0.25) is 9.59 Å². The van der Waals surface area contributed by atoms with Gasteiger partial charge in [0.15, 0.2) is 0 Å². The van der Waals surface area contributed by atoms with Crippen molar-refractivity contribution >= 4 is 21.8 Å². The Morgan fingerprint density at radius 2 is 1.88 bits per heavy atom. The number of nitrogens with zero attached hydrogens (tertiary/aromatic N) is 1. The average molecular weight is 585 g/mol. The maximum atomic E-state index is 14.0. The van der Waals surface area contributed by atoms with Crippen molar-refractivity contribution in [1.82, 2.24) is 14.9 Å². The van der Waals surface area contributed by atoms with E-state index in [2.05, 4.69) is 23.2 Å². The minimum absolute atomic E-state index is 0.0644. The molecule has 41 heavy (non-hydrogen) atoms. The second kappa shape index (κ2) is 13.7. The van der Waals surface area contributed by atoms with Gasteiger partial charge in [-0.2, -0.15) is 0 Å². The van der Waals surface area contributed by atoms with Gasteiger partial charge in [0.05, 0.1) is 29.2 Å². The summed E-state index contributed by atoms with van der Waals surface area (Å²) in [5.74, 6) is -0.876. The lowest BCUT2D eigenvalue weighted by Gasteiger charge is -2.38. The van der Waals surface area contributed by atoms with Crippen molar-refractivity contribution in [2.75, 3.05) is 19.7 Å². The molecule has 1 fully saturated rings. The summed E-state index contributed by atoms with van der Waals surface area (Å²) >= 11 is 0. The number of carbonyl (C=O) groups excluding carboxylic acids is 2. The van der Waals surface area contributed by atoms with E-state index in [1.807, 2.05) is 37.3 Å². The predicted molar refractivity (Wildman–Crippen MR) is 162 cm³/mol. The van der Waals surface area contributed by atoms with Crippen LogP contribution in [-0.2, 0) is 31.0 Å². The second-order valence-corrected chi connectivity index (χ2v) is 12.9. The number of nitrogens with two attached hydrogens (primary N) is 1. The number of hydrogen-bond donors (Lipinski definition) is 3. The molecule has 9 nitrogen and oxygen atoms in total. The Morgan fingerprint density at radius 3 is 2.46 bits per heavy atom. The summed E-state index contributed by atoms with van der Waals surface area (Å²) in [5.41, 5.74) is 5.91. The van der Waals surface area contributed by atoms with Gasteiger partial charge in [0.2, 0.25) is 21.8 Å². The molecule has 10 heteroatoms. The lowest BCUT2D eigenvalue weighted by Crippen LogP contribution is -2.58. The Kier molecular flexibility index (Phi) is 10.9. The fourth-order valence-corrected chi connectivity index (χ4v) is 7.24. The highest BCUT2D eigenvalue weighted by Gasteiger charge is 2.49. The van der Waals surface area contributed by atoms with Crippen LogP contribution in [-0.4, -0.2) is 61.9 Å². The molecule has 0 radical (unpaired) electrons. The van der Waals surface area contributed by atoms with Crippen LogP contribution in [0.2, 0.25) is 0 Å². The van der Waals surface area contributed by atoms with Gasteiger partial charge in [0, 0.05) is 13.1 Å². The van der Waals surface area contributed by atoms with E-state index in [9.17, 15) is 18.0 Å². The zero-order valence-corrected chi connectivity index (χ0v) is 25.3. The molecule has 1 aliphatic carbocycles. The Hall–Kier alpha value is -3.05. The van der Waals surface area contributed by atoms with Crippen molar-refractivity contribution < 1.29 is 22.7 Å². The van der Waals surface area contributed by atoms with E-state index < -0.39 is 33.1 Å². The third-order valence-corrected chi connectivity index (χ3v) is 9.22. The molecule has 4 N–H and O–H groups in total. The largest absolute Gasteiger partial charge is 0.374 e. The van der Waals surface area contributed by atoms with Gasteiger partial charge >= 0.3 is 0 Å². The van der Waals surface area contributed by atoms with E-state index >= 15 is 0 Å². The molecule has 1 spiro atoms. The summed E-state index contributed by atoms with van der Waals surface area (Å²) in [6.45, 7) is 13.2. The van der Waals surface area contributed by atoms with Crippen LogP contribution < -0.4 is 15.8 Å². The molecule has 3 rings (SSSR count). The van der Waals surface area contributed by atoms with Crippen molar-refractivity contribution in [1.29, 1.82) is 0 Å². The first-order valence-corrected chi connectivity index (χ1v) is 15.6. The summed E-state index contributed by atoms with van der Waals surface area (Å²) in [6.07, 6.45) is 8.83. The topological polar surface area (TPSA) is 131 Å². The highest BCUT2D eigenvalue weighted by molar-refractivity contribution is 7.94. The van der Waals surface area contributed by atoms with E-state index in [1.54, 1.807) is 37.0 Å². The number of ether oxygens (including phenoxy) is 1. The first-order chi connectivity index (χ1) is 19.3. The molecular formula is C31H44N4O5S. The quantitative estimate of drug-likeness (QED) is 0.305. The Morgan fingerprint density at radius 1 is 1.22 bits per heavy atom. The first kappa shape index (κ1) is 32.5. The van der Waals surface area contributed by atoms with Crippen LogP contribution in [0.15, 0.2) is 77.8 Å². The molecule has 1 aliphatic heterocycles. The summed E-state index contributed by atoms with van der Waals surface area (Å²) in [6, 6.07) is 8.50. The molecule has 1 heterocycles. The van der Waals surface area contributed by atoms with E-state index in [0.717, 1.165) is 24.8 Å². The average Bonchev–Trinajstić information content (AvgIpc) is 3.14. The number of carbonyl (C=O) groups is 2. The maximum absolute atomic E-state index is 14.0. The molecule has 2 aliphatic rings. The van der Waals surface area contributed by atoms with E-state index in [4.69, 9.17) is 10.5 Å². The van der Waals surface area contributed by atoms with Crippen molar-refractivity contribution in [3.8, 4) is 0 Å². The number of sulfonamides is 1. The molecule has 1 atom stereocenters. The van der Waals surface area contributed by atoms with Gasteiger partial charge in [-0.15, -0.1) is 0 Å². The van der Waals surface area contributed by atoms with Crippen molar-refractivity contribution in [2.24, 2.45) is 5.73 Å². The minimum Gasteiger partial charge on any atom is -0.374 e. The lowest BCUT2D eigenvalue weighted by molar-refractivity contribution is -0.139. The Labute approximate surface area is 244 Å². The number of amides is 2. The van der Waals surface area contributed by atoms with Crippen LogP contribution in [0.25, 0.3) is 0 Å². The molecule has 224 valence electrons. The van der Waals surface area contributed by atoms with Gasteiger partial charge in [0.1, 0.15) is 6.04 Å². The zero-order valence-electron chi connectivity index (χ0n) is 24.4. The summed E-state index contributed by atoms with van der Waals surface area (Å²) in [7, 11) is -3.86. The molecular weight excluding hydrogens is 540 g/mol. The predicted octanol–water partition coefficient (Wildman–Crippen LogP) is 3.46. The van der Waals surface area contributed by atoms with Gasteiger partial charge < -0.3 is 20.7 Å². The number of rotatable bonds is 13.